The average Bonchev–Trinajstić information content (AvgIpc) is 3.09. The van der Waals surface area contributed by atoms with Crippen molar-refractivity contribution in [1.29, 1.82) is 0 Å². The minimum atomic E-state index is -0.326. The summed E-state index contributed by atoms with van der Waals surface area (Å²) in [6, 6.07) is 7.62. The van der Waals surface area contributed by atoms with Crippen LogP contribution in [0.15, 0.2) is 48.6 Å². The molecular formula is C24H31NO3. The molecule has 4 nitrogen and oxygen atoms in total. The van der Waals surface area contributed by atoms with Crippen LogP contribution in [-0.2, 0) is 16.0 Å². The fourth-order valence-electron chi connectivity index (χ4n) is 4.16. The van der Waals surface area contributed by atoms with Gasteiger partial charge in [0.05, 0.1) is 18.7 Å². The van der Waals surface area contributed by atoms with E-state index in [9.17, 15) is 9.59 Å². The van der Waals surface area contributed by atoms with Crippen LogP contribution in [0.5, 0.6) is 0 Å². The Morgan fingerprint density at radius 3 is 2.50 bits per heavy atom. The van der Waals surface area contributed by atoms with Crippen molar-refractivity contribution < 1.29 is 14.3 Å². The highest BCUT2D eigenvalue weighted by Gasteiger charge is 2.28. The van der Waals surface area contributed by atoms with Crippen molar-refractivity contribution in [3.63, 3.8) is 0 Å². The van der Waals surface area contributed by atoms with Gasteiger partial charge in [-0.2, -0.15) is 0 Å². The summed E-state index contributed by atoms with van der Waals surface area (Å²) in [6.45, 7) is 0.706. The number of hydrogen-bond donors (Lipinski definition) is 0. The van der Waals surface area contributed by atoms with Gasteiger partial charge in [-0.05, 0) is 49.3 Å². The number of allylic oxidation sites excluding steroid dienone is 3. The van der Waals surface area contributed by atoms with E-state index in [4.69, 9.17) is 4.74 Å². The van der Waals surface area contributed by atoms with Crippen LogP contribution in [-0.4, -0.2) is 36.5 Å². The molecule has 2 aliphatic rings. The topological polar surface area (TPSA) is 46.6 Å². The maximum Gasteiger partial charge on any atom is 0.337 e. The van der Waals surface area contributed by atoms with Crippen molar-refractivity contribution in [3.8, 4) is 0 Å². The summed E-state index contributed by atoms with van der Waals surface area (Å²) in [7, 11) is 1.38. The van der Waals surface area contributed by atoms with Gasteiger partial charge in [-0.3, -0.25) is 4.79 Å². The summed E-state index contributed by atoms with van der Waals surface area (Å²) in [6.07, 6.45) is 17.8. The molecule has 1 saturated carbocycles. The number of amides is 1. The Morgan fingerprint density at radius 2 is 1.79 bits per heavy atom. The van der Waals surface area contributed by atoms with E-state index in [1.165, 1.54) is 39.2 Å². The first kappa shape index (κ1) is 20.4. The van der Waals surface area contributed by atoms with Crippen LogP contribution in [0.3, 0.4) is 0 Å². The SMILES string of the molecule is COC(=O)c1ccc(CCN2C(=O)CC[C@@H]2C=CC=CC2CCCCC2)cc1. The number of benzene rings is 1. The van der Waals surface area contributed by atoms with Crippen molar-refractivity contribution >= 4 is 11.9 Å². The molecule has 1 aliphatic heterocycles. The van der Waals surface area contributed by atoms with E-state index < -0.39 is 0 Å². The number of likely N-dealkylation sites (tertiary alicyclic amines) is 1. The zero-order chi connectivity index (χ0) is 19.8. The number of carbonyl (C=O) groups excluding carboxylic acids is 2. The van der Waals surface area contributed by atoms with E-state index in [2.05, 4.69) is 24.3 Å². The second-order valence-corrected chi connectivity index (χ2v) is 7.80. The van der Waals surface area contributed by atoms with Crippen molar-refractivity contribution in [2.45, 2.75) is 57.4 Å². The zero-order valence-corrected chi connectivity index (χ0v) is 16.8. The summed E-state index contributed by atoms with van der Waals surface area (Å²) in [5, 5.41) is 0. The van der Waals surface area contributed by atoms with Gasteiger partial charge >= 0.3 is 5.97 Å². The second-order valence-electron chi connectivity index (χ2n) is 7.80. The predicted molar refractivity (Wildman–Crippen MR) is 111 cm³/mol. The Morgan fingerprint density at radius 1 is 1.07 bits per heavy atom. The van der Waals surface area contributed by atoms with E-state index in [1.807, 2.05) is 17.0 Å². The smallest absolute Gasteiger partial charge is 0.337 e. The second kappa shape index (κ2) is 10.3. The van der Waals surface area contributed by atoms with Crippen LogP contribution in [0, 0.1) is 5.92 Å². The van der Waals surface area contributed by atoms with Crippen LogP contribution < -0.4 is 0 Å². The fourth-order valence-corrected chi connectivity index (χ4v) is 4.16. The molecule has 1 amide bonds. The van der Waals surface area contributed by atoms with E-state index in [0.717, 1.165) is 24.3 Å². The third kappa shape index (κ3) is 5.57. The molecule has 0 radical (unpaired) electrons. The molecule has 150 valence electrons. The Labute approximate surface area is 168 Å². The van der Waals surface area contributed by atoms with E-state index in [1.54, 1.807) is 12.1 Å². The zero-order valence-electron chi connectivity index (χ0n) is 16.8. The van der Waals surface area contributed by atoms with Crippen molar-refractivity contribution in [1.82, 2.24) is 4.90 Å². The lowest BCUT2D eigenvalue weighted by Crippen LogP contribution is -2.33. The minimum Gasteiger partial charge on any atom is -0.465 e. The van der Waals surface area contributed by atoms with Crippen LogP contribution in [0.25, 0.3) is 0 Å². The van der Waals surface area contributed by atoms with Crippen LogP contribution in [0.1, 0.15) is 60.9 Å². The number of ether oxygens (including phenoxy) is 1. The molecule has 1 aliphatic carbocycles. The first-order valence-electron chi connectivity index (χ1n) is 10.5. The highest BCUT2D eigenvalue weighted by molar-refractivity contribution is 5.89. The third-order valence-corrected chi connectivity index (χ3v) is 5.87. The van der Waals surface area contributed by atoms with Gasteiger partial charge in [-0.25, -0.2) is 4.79 Å². The average molecular weight is 382 g/mol. The summed E-state index contributed by atoms with van der Waals surface area (Å²) < 4.78 is 4.73. The Hall–Kier alpha value is -2.36. The van der Waals surface area contributed by atoms with Crippen LogP contribution in [0.2, 0.25) is 0 Å². The molecule has 0 N–H and O–H groups in total. The molecule has 1 aromatic carbocycles. The summed E-state index contributed by atoms with van der Waals surface area (Å²) in [5.41, 5.74) is 1.67. The van der Waals surface area contributed by atoms with Gasteiger partial charge in [0.2, 0.25) is 5.91 Å². The first-order valence-corrected chi connectivity index (χ1v) is 10.5. The molecule has 0 bridgehead atoms. The van der Waals surface area contributed by atoms with Crippen LogP contribution in [0.4, 0.5) is 0 Å². The normalized spacial score (nSPS) is 21.1. The van der Waals surface area contributed by atoms with Gasteiger partial charge in [-0.1, -0.05) is 55.7 Å². The summed E-state index contributed by atoms with van der Waals surface area (Å²) in [4.78, 5) is 25.8. The molecule has 1 atom stereocenters. The lowest BCUT2D eigenvalue weighted by molar-refractivity contribution is -0.128. The number of carbonyl (C=O) groups is 2. The third-order valence-electron chi connectivity index (χ3n) is 5.87. The molecule has 3 rings (SSSR count). The first-order chi connectivity index (χ1) is 13.7. The van der Waals surface area contributed by atoms with Crippen LogP contribution >= 0.6 is 0 Å². The number of nitrogens with zero attached hydrogens (tertiary/aromatic N) is 1. The Bertz CT molecular complexity index is 714. The molecule has 0 unspecified atom stereocenters. The molecule has 4 heteroatoms. The Kier molecular flexibility index (Phi) is 7.46. The lowest BCUT2D eigenvalue weighted by Gasteiger charge is -2.22. The quantitative estimate of drug-likeness (QED) is 0.508. The molecular weight excluding hydrogens is 350 g/mol. The molecule has 1 aromatic rings. The van der Waals surface area contributed by atoms with E-state index >= 15 is 0 Å². The summed E-state index contributed by atoms with van der Waals surface area (Å²) >= 11 is 0. The molecule has 2 fully saturated rings. The fraction of sp³-hybridized carbons (Fsp3) is 0.500. The maximum atomic E-state index is 12.3. The summed E-state index contributed by atoms with van der Waals surface area (Å²) in [5.74, 6) is 0.637. The molecule has 0 spiro atoms. The molecule has 0 aromatic heterocycles. The maximum absolute atomic E-state index is 12.3. The lowest BCUT2D eigenvalue weighted by atomic mass is 9.89. The van der Waals surface area contributed by atoms with Gasteiger partial charge in [0, 0.05) is 13.0 Å². The number of esters is 1. The van der Waals surface area contributed by atoms with E-state index in [0.29, 0.717) is 18.5 Å². The molecule has 1 saturated heterocycles. The number of hydrogen-bond acceptors (Lipinski definition) is 3. The minimum absolute atomic E-state index is 0.192. The van der Waals surface area contributed by atoms with Gasteiger partial charge in [0.15, 0.2) is 0 Å². The van der Waals surface area contributed by atoms with Gasteiger partial charge in [-0.15, -0.1) is 0 Å². The van der Waals surface area contributed by atoms with Gasteiger partial charge in [0.1, 0.15) is 0 Å². The largest absolute Gasteiger partial charge is 0.465 e. The predicted octanol–water partition coefficient (Wildman–Crippen LogP) is 4.70. The Balaban J connectivity index is 1.51. The molecule has 28 heavy (non-hydrogen) atoms. The van der Waals surface area contributed by atoms with Crippen molar-refractivity contribution in [2.24, 2.45) is 5.92 Å². The number of methoxy groups -OCH3 is 1. The van der Waals surface area contributed by atoms with Gasteiger partial charge < -0.3 is 9.64 Å². The number of rotatable bonds is 7. The van der Waals surface area contributed by atoms with E-state index in [-0.39, 0.29) is 17.9 Å². The highest BCUT2D eigenvalue weighted by Crippen LogP contribution is 2.25. The molecule has 1 heterocycles. The highest BCUT2D eigenvalue weighted by atomic mass is 16.5. The monoisotopic (exact) mass is 381 g/mol. The van der Waals surface area contributed by atoms with Crippen molar-refractivity contribution in [2.75, 3.05) is 13.7 Å². The van der Waals surface area contributed by atoms with Crippen molar-refractivity contribution in [3.05, 3.63) is 59.7 Å². The van der Waals surface area contributed by atoms with Gasteiger partial charge in [0.25, 0.3) is 0 Å². The standard InChI is InChI=1S/C24H31NO3/c1-28-24(27)21-13-11-20(12-14-21)17-18-25-22(15-16-23(25)26)10-6-5-9-19-7-3-2-4-8-19/h5-6,9-14,19,22H,2-4,7-8,15-18H2,1H3/t22-/m0/s1.